The maximum absolute atomic E-state index is 5.34. The lowest BCUT2D eigenvalue weighted by Gasteiger charge is -2.19. The molecule has 1 unspecified atom stereocenters. The third-order valence-electron chi connectivity index (χ3n) is 3.14. The summed E-state index contributed by atoms with van der Waals surface area (Å²) in [6.07, 6.45) is 3.53. The minimum absolute atomic E-state index is 0.239. The van der Waals surface area contributed by atoms with Crippen molar-refractivity contribution in [3.8, 4) is 11.5 Å². The van der Waals surface area contributed by atoms with Crippen LogP contribution in [0.2, 0.25) is 0 Å². The van der Waals surface area contributed by atoms with Crippen molar-refractivity contribution in [1.29, 1.82) is 0 Å². The van der Waals surface area contributed by atoms with E-state index in [0.29, 0.717) is 5.89 Å². The lowest BCUT2D eigenvalue weighted by atomic mass is 10.0. The number of benzene rings is 1. The van der Waals surface area contributed by atoms with Crippen LogP contribution in [0.25, 0.3) is 11.5 Å². The van der Waals surface area contributed by atoms with Crippen molar-refractivity contribution in [3.63, 3.8) is 0 Å². The summed E-state index contributed by atoms with van der Waals surface area (Å²) in [6, 6.07) is 8.12. The summed E-state index contributed by atoms with van der Waals surface area (Å²) < 4.78 is 6.35. The number of hydrogen-bond acceptors (Lipinski definition) is 4. The normalized spacial score (nSPS) is 19.9. The van der Waals surface area contributed by atoms with E-state index in [-0.39, 0.29) is 6.04 Å². The van der Waals surface area contributed by atoms with Crippen LogP contribution in [-0.4, -0.2) is 16.7 Å². The SMILES string of the molecule is Brc1cccc(-c2nc(C3CCCCN3)no2)c1. The highest BCUT2D eigenvalue weighted by Gasteiger charge is 2.20. The monoisotopic (exact) mass is 307 g/mol. The first-order chi connectivity index (χ1) is 8.83. The molecule has 4 nitrogen and oxygen atoms in total. The van der Waals surface area contributed by atoms with Gasteiger partial charge in [0.2, 0.25) is 0 Å². The Bertz CT molecular complexity index is 535. The summed E-state index contributed by atoms with van der Waals surface area (Å²) in [7, 11) is 0. The van der Waals surface area contributed by atoms with Crippen LogP contribution in [0.5, 0.6) is 0 Å². The van der Waals surface area contributed by atoms with Gasteiger partial charge in [0.1, 0.15) is 0 Å². The fourth-order valence-electron chi connectivity index (χ4n) is 2.19. The Hall–Kier alpha value is -1.20. The van der Waals surface area contributed by atoms with Crippen LogP contribution >= 0.6 is 15.9 Å². The van der Waals surface area contributed by atoms with Crippen LogP contribution in [0.4, 0.5) is 0 Å². The van der Waals surface area contributed by atoms with E-state index in [4.69, 9.17) is 4.52 Å². The standard InChI is InChI=1S/C13H14BrN3O/c14-10-5-3-4-9(8-10)13-16-12(17-18-13)11-6-1-2-7-15-11/h3-5,8,11,15H,1-2,6-7H2. The maximum Gasteiger partial charge on any atom is 0.258 e. The van der Waals surface area contributed by atoms with Gasteiger partial charge in [-0.3, -0.25) is 0 Å². The number of hydrogen-bond donors (Lipinski definition) is 1. The second kappa shape index (κ2) is 5.20. The predicted molar refractivity (Wildman–Crippen MR) is 72.0 cm³/mol. The lowest BCUT2D eigenvalue weighted by Crippen LogP contribution is -2.27. The van der Waals surface area contributed by atoms with Crippen LogP contribution in [-0.2, 0) is 0 Å². The van der Waals surface area contributed by atoms with Gasteiger partial charge in [0, 0.05) is 10.0 Å². The summed E-state index contributed by atoms with van der Waals surface area (Å²) in [5, 5.41) is 7.50. The quantitative estimate of drug-likeness (QED) is 0.924. The number of aromatic nitrogens is 2. The van der Waals surface area contributed by atoms with Gasteiger partial charge in [0.25, 0.3) is 5.89 Å². The third kappa shape index (κ3) is 2.47. The van der Waals surface area contributed by atoms with Crippen molar-refractivity contribution in [2.75, 3.05) is 6.54 Å². The molecule has 0 spiro atoms. The molecule has 1 aliphatic rings. The van der Waals surface area contributed by atoms with E-state index in [1.807, 2.05) is 24.3 Å². The van der Waals surface area contributed by atoms with Crippen molar-refractivity contribution in [2.24, 2.45) is 0 Å². The van der Waals surface area contributed by atoms with Gasteiger partial charge in [0.15, 0.2) is 5.82 Å². The first-order valence-electron chi connectivity index (χ1n) is 6.16. The third-order valence-corrected chi connectivity index (χ3v) is 3.63. The molecule has 0 saturated carbocycles. The van der Waals surface area contributed by atoms with Crippen molar-refractivity contribution >= 4 is 15.9 Å². The van der Waals surface area contributed by atoms with Crippen LogP contribution < -0.4 is 5.32 Å². The van der Waals surface area contributed by atoms with E-state index >= 15 is 0 Å². The summed E-state index contributed by atoms with van der Waals surface area (Å²) >= 11 is 3.44. The molecule has 1 fully saturated rings. The molecule has 0 aliphatic carbocycles. The molecule has 2 aromatic rings. The van der Waals surface area contributed by atoms with Gasteiger partial charge in [-0.2, -0.15) is 4.98 Å². The Labute approximate surface area is 114 Å². The Kier molecular flexibility index (Phi) is 3.43. The lowest BCUT2D eigenvalue weighted by molar-refractivity contribution is 0.367. The molecule has 1 aliphatic heterocycles. The highest BCUT2D eigenvalue weighted by atomic mass is 79.9. The average Bonchev–Trinajstić information content (AvgIpc) is 2.89. The van der Waals surface area contributed by atoms with Gasteiger partial charge < -0.3 is 9.84 Å². The van der Waals surface area contributed by atoms with Gasteiger partial charge in [-0.05, 0) is 37.6 Å². The second-order valence-electron chi connectivity index (χ2n) is 4.47. The number of piperidine rings is 1. The fourth-order valence-corrected chi connectivity index (χ4v) is 2.59. The van der Waals surface area contributed by atoms with Crippen LogP contribution in [0.3, 0.4) is 0 Å². The van der Waals surface area contributed by atoms with E-state index < -0.39 is 0 Å². The minimum atomic E-state index is 0.239. The summed E-state index contributed by atoms with van der Waals surface area (Å²) in [4.78, 5) is 4.48. The van der Waals surface area contributed by atoms with Crippen LogP contribution in [0.1, 0.15) is 31.1 Å². The highest BCUT2D eigenvalue weighted by molar-refractivity contribution is 9.10. The Morgan fingerprint density at radius 1 is 1.33 bits per heavy atom. The summed E-state index contributed by atoms with van der Waals surface area (Å²) in [5.74, 6) is 1.35. The molecular weight excluding hydrogens is 294 g/mol. The molecule has 5 heteroatoms. The number of nitrogens with zero attached hydrogens (tertiary/aromatic N) is 2. The van der Waals surface area contributed by atoms with Gasteiger partial charge in [-0.1, -0.05) is 33.6 Å². The molecule has 0 radical (unpaired) electrons. The fraction of sp³-hybridized carbons (Fsp3) is 0.385. The topological polar surface area (TPSA) is 51.0 Å². The Morgan fingerprint density at radius 2 is 2.28 bits per heavy atom. The number of rotatable bonds is 2. The van der Waals surface area contributed by atoms with E-state index in [1.54, 1.807) is 0 Å². The Balaban J connectivity index is 1.84. The van der Waals surface area contributed by atoms with Crippen LogP contribution in [0.15, 0.2) is 33.3 Å². The zero-order valence-corrected chi connectivity index (χ0v) is 11.5. The molecule has 18 heavy (non-hydrogen) atoms. The molecule has 0 amide bonds. The van der Waals surface area contributed by atoms with Gasteiger partial charge in [0.05, 0.1) is 6.04 Å². The largest absolute Gasteiger partial charge is 0.334 e. The van der Waals surface area contributed by atoms with Crippen molar-refractivity contribution in [2.45, 2.75) is 25.3 Å². The molecule has 1 N–H and O–H groups in total. The molecule has 3 rings (SSSR count). The first-order valence-corrected chi connectivity index (χ1v) is 6.95. The van der Waals surface area contributed by atoms with E-state index in [0.717, 1.165) is 28.8 Å². The zero-order chi connectivity index (χ0) is 12.4. The number of nitrogens with one attached hydrogen (secondary N) is 1. The van der Waals surface area contributed by atoms with E-state index in [2.05, 4.69) is 31.4 Å². The molecule has 1 aromatic heterocycles. The first kappa shape index (κ1) is 11.9. The number of halogens is 1. The highest BCUT2D eigenvalue weighted by Crippen LogP contribution is 2.25. The predicted octanol–water partition coefficient (Wildman–Crippen LogP) is 3.31. The molecule has 1 atom stereocenters. The van der Waals surface area contributed by atoms with Gasteiger partial charge in [-0.25, -0.2) is 0 Å². The van der Waals surface area contributed by atoms with E-state index in [1.165, 1.54) is 12.8 Å². The molecule has 94 valence electrons. The maximum atomic E-state index is 5.34. The smallest absolute Gasteiger partial charge is 0.258 e. The molecule has 1 saturated heterocycles. The summed E-state index contributed by atoms with van der Waals surface area (Å²) in [5.41, 5.74) is 0.943. The molecule has 1 aromatic carbocycles. The van der Waals surface area contributed by atoms with Gasteiger partial charge >= 0.3 is 0 Å². The molecular formula is C13H14BrN3O. The molecule has 2 heterocycles. The Morgan fingerprint density at radius 3 is 3.06 bits per heavy atom. The van der Waals surface area contributed by atoms with E-state index in [9.17, 15) is 0 Å². The van der Waals surface area contributed by atoms with Crippen molar-refractivity contribution in [3.05, 3.63) is 34.6 Å². The minimum Gasteiger partial charge on any atom is -0.334 e. The van der Waals surface area contributed by atoms with Gasteiger partial charge in [-0.15, -0.1) is 0 Å². The zero-order valence-electron chi connectivity index (χ0n) is 9.90. The van der Waals surface area contributed by atoms with Crippen molar-refractivity contribution < 1.29 is 4.52 Å². The van der Waals surface area contributed by atoms with Crippen LogP contribution in [0, 0.1) is 0 Å². The average molecular weight is 308 g/mol. The second-order valence-corrected chi connectivity index (χ2v) is 5.39. The summed E-state index contributed by atoms with van der Waals surface area (Å²) in [6.45, 7) is 1.03. The molecule has 0 bridgehead atoms. The van der Waals surface area contributed by atoms with Crippen molar-refractivity contribution in [1.82, 2.24) is 15.5 Å².